The van der Waals surface area contributed by atoms with Gasteiger partial charge in [-0.1, -0.05) is 6.07 Å². The van der Waals surface area contributed by atoms with Gasteiger partial charge in [-0.25, -0.2) is 0 Å². The van der Waals surface area contributed by atoms with Crippen LogP contribution in [0.2, 0.25) is 0 Å². The molecule has 1 N–H and O–H groups in total. The van der Waals surface area contributed by atoms with Crippen LogP contribution in [-0.2, 0) is 13.0 Å². The highest BCUT2D eigenvalue weighted by Crippen LogP contribution is 2.36. The van der Waals surface area contributed by atoms with Gasteiger partial charge in [0.1, 0.15) is 12.2 Å². The van der Waals surface area contributed by atoms with Gasteiger partial charge in [-0.05, 0) is 42.8 Å². The fourth-order valence-electron chi connectivity index (χ4n) is 3.29. The van der Waals surface area contributed by atoms with Crippen molar-refractivity contribution in [3.05, 3.63) is 69.8 Å². The second kappa shape index (κ2) is 7.24. The van der Waals surface area contributed by atoms with E-state index in [1.54, 1.807) is 28.8 Å². The van der Waals surface area contributed by atoms with Gasteiger partial charge in [0.15, 0.2) is 17.3 Å². The maximum atomic E-state index is 12.9. The monoisotopic (exact) mass is 380 g/mol. The Morgan fingerprint density at radius 1 is 1.32 bits per heavy atom. The molecule has 0 fully saturated rings. The molecule has 4 rings (SSSR count). The van der Waals surface area contributed by atoms with Crippen molar-refractivity contribution in [1.82, 2.24) is 9.88 Å². The Bertz CT molecular complexity index is 1110. The Labute approximate surface area is 160 Å². The Morgan fingerprint density at radius 2 is 2.18 bits per heavy atom. The van der Waals surface area contributed by atoms with Crippen LogP contribution in [0.5, 0.6) is 11.5 Å². The van der Waals surface area contributed by atoms with Crippen LogP contribution < -0.4 is 20.3 Å². The van der Waals surface area contributed by atoms with E-state index >= 15 is 0 Å². The molecule has 7 heteroatoms. The van der Waals surface area contributed by atoms with E-state index in [-0.39, 0.29) is 11.1 Å². The minimum absolute atomic E-state index is 0.0696. The minimum Gasteiger partial charge on any atom is -0.493 e. The zero-order chi connectivity index (χ0) is 19.7. The topological polar surface area (TPSA) is 69.6 Å². The quantitative estimate of drug-likeness (QED) is 0.736. The van der Waals surface area contributed by atoms with Crippen LogP contribution in [0.3, 0.4) is 0 Å². The molecule has 0 saturated carbocycles. The molecular weight excluding hydrogens is 363 g/mol. The lowest BCUT2D eigenvalue weighted by Gasteiger charge is -2.22. The summed E-state index contributed by atoms with van der Waals surface area (Å²) in [5.74, 6) is 0.125. The normalized spacial score (nSPS) is 12.2. The number of hydrogen-bond donors (Lipinski definition) is 1. The van der Waals surface area contributed by atoms with Crippen LogP contribution in [0, 0.1) is 17.9 Å². The van der Waals surface area contributed by atoms with Gasteiger partial charge < -0.3 is 19.4 Å². The van der Waals surface area contributed by atoms with Crippen molar-refractivity contribution in [1.29, 1.82) is 0 Å². The van der Waals surface area contributed by atoms with Crippen LogP contribution in [0.25, 0.3) is 10.9 Å². The molecule has 2 heterocycles. The summed E-state index contributed by atoms with van der Waals surface area (Å²) in [6.07, 6.45) is 0.458. The molecule has 6 nitrogen and oxygen atoms in total. The van der Waals surface area contributed by atoms with Crippen molar-refractivity contribution < 1.29 is 18.7 Å². The smallest absolute Gasteiger partial charge is 0.264 e. The highest BCUT2D eigenvalue weighted by molar-refractivity contribution is 5.99. The van der Waals surface area contributed by atoms with Crippen molar-refractivity contribution in [3.8, 4) is 11.5 Å². The van der Waals surface area contributed by atoms with Crippen molar-refractivity contribution in [2.24, 2.45) is 0 Å². The number of carbonyl (C=O) groups excluding carboxylic acids is 1. The van der Waals surface area contributed by atoms with E-state index in [0.29, 0.717) is 43.1 Å². The van der Waals surface area contributed by atoms with E-state index < -0.39 is 11.7 Å². The van der Waals surface area contributed by atoms with Crippen LogP contribution in [-0.4, -0.2) is 30.7 Å². The average Bonchev–Trinajstić information content (AvgIpc) is 2.72. The Balaban J connectivity index is 1.60. The summed E-state index contributed by atoms with van der Waals surface area (Å²) in [5, 5.41) is 3.46. The molecule has 0 saturated heterocycles. The lowest BCUT2D eigenvalue weighted by Crippen LogP contribution is -2.36. The molecular formula is C21H17FN2O4. The Kier molecular flexibility index (Phi) is 4.62. The van der Waals surface area contributed by atoms with Crippen LogP contribution in [0.4, 0.5) is 4.39 Å². The number of carbonyl (C=O) groups is 1. The fraction of sp³-hybridized carbons (Fsp3) is 0.238. The number of methoxy groups -OCH3 is 1. The third-order valence-corrected chi connectivity index (χ3v) is 4.65. The van der Waals surface area contributed by atoms with E-state index in [2.05, 4.69) is 17.4 Å². The summed E-state index contributed by atoms with van der Waals surface area (Å²) in [5.41, 5.74) is 1.05. The molecule has 28 heavy (non-hydrogen) atoms. The zero-order valence-electron chi connectivity index (χ0n) is 15.2. The molecule has 1 aliphatic rings. The van der Waals surface area contributed by atoms with Gasteiger partial charge >= 0.3 is 0 Å². The number of hydrogen-bond acceptors (Lipinski definition) is 4. The third-order valence-electron chi connectivity index (χ3n) is 4.65. The molecule has 0 radical (unpaired) electrons. The van der Waals surface area contributed by atoms with Crippen molar-refractivity contribution in [2.75, 3.05) is 20.3 Å². The first-order valence-corrected chi connectivity index (χ1v) is 8.82. The van der Waals surface area contributed by atoms with Gasteiger partial charge in [0, 0.05) is 17.5 Å². The number of aromatic nitrogens is 1. The van der Waals surface area contributed by atoms with Gasteiger partial charge in [0.2, 0.25) is 0 Å². The second-order valence-corrected chi connectivity index (χ2v) is 6.36. The Hall–Kier alpha value is -3.53. The summed E-state index contributed by atoms with van der Waals surface area (Å²) in [6, 6.07) is 13.0. The van der Waals surface area contributed by atoms with Crippen molar-refractivity contribution >= 4 is 16.8 Å². The SMILES string of the molecule is COc1ccc2cc(C(=O)NCCc3c#cc(F)cc3)c(=O)n3c2c1OCC3. The molecule has 3 aromatic rings. The predicted octanol–water partition coefficient (Wildman–Crippen LogP) is 2.11. The van der Waals surface area contributed by atoms with Crippen LogP contribution in [0.1, 0.15) is 15.9 Å². The zero-order valence-corrected chi connectivity index (χ0v) is 15.2. The number of amides is 1. The van der Waals surface area contributed by atoms with Crippen LogP contribution >= 0.6 is 0 Å². The van der Waals surface area contributed by atoms with Gasteiger partial charge in [-0.15, -0.1) is 0 Å². The molecule has 0 spiro atoms. The summed E-state index contributed by atoms with van der Waals surface area (Å²) < 4.78 is 25.4. The number of pyridine rings is 1. The number of halogens is 1. The maximum Gasteiger partial charge on any atom is 0.264 e. The molecule has 1 amide bonds. The summed E-state index contributed by atoms with van der Waals surface area (Å²) >= 11 is 0. The minimum atomic E-state index is -0.481. The standard InChI is InChI=1S/C21H17FN2O4/c1-27-17-7-4-14-12-16(21(26)24-10-11-28-19(17)18(14)24)20(25)23-9-8-13-2-5-15(22)6-3-13/h2,4-5,7,12H,8-11H2,1H3,(H,23,25). The highest BCUT2D eigenvalue weighted by atomic mass is 19.1. The largest absolute Gasteiger partial charge is 0.493 e. The summed E-state index contributed by atoms with van der Waals surface area (Å²) in [6.45, 7) is 0.977. The van der Waals surface area contributed by atoms with Gasteiger partial charge in [0.25, 0.3) is 11.5 Å². The first-order chi connectivity index (χ1) is 13.6. The van der Waals surface area contributed by atoms with Crippen molar-refractivity contribution in [2.45, 2.75) is 13.0 Å². The first kappa shape index (κ1) is 17.9. The van der Waals surface area contributed by atoms with E-state index in [9.17, 15) is 14.0 Å². The maximum absolute atomic E-state index is 12.9. The number of benzene rings is 1. The summed E-state index contributed by atoms with van der Waals surface area (Å²) in [7, 11) is 1.54. The molecule has 0 atom stereocenters. The first-order valence-electron chi connectivity index (χ1n) is 8.82. The van der Waals surface area contributed by atoms with Crippen LogP contribution in [0.15, 0.2) is 35.1 Å². The fourth-order valence-corrected chi connectivity index (χ4v) is 3.29. The average molecular weight is 380 g/mol. The molecule has 0 aliphatic carbocycles. The molecule has 0 bridgehead atoms. The molecule has 1 aromatic heterocycles. The van der Waals surface area contributed by atoms with Gasteiger partial charge in [-0.2, -0.15) is 4.39 Å². The lowest BCUT2D eigenvalue weighted by atomic mass is 10.1. The van der Waals surface area contributed by atoms with E-state index in [1.165, 1.54) is 13.2 Å². The second-order valence-electron chi connectivity index (χ2n) is 6.36. The summed E-state index contributed by atoms with van der Waals surface area (Å²) in [4.78, 5) is 25.5. The molecule has 1 aliphatic heterocycles. The third kappa shape index (κ3) is 3.14. The number of nitrogens with one attached hydrogen (secondary N) is 1. The molecule has 2 aromatic carbocycles. The number of ether oxygens (including phenoxy) is 2. The molecule has 0 unspecified atom stereocenters. The van der Waals surface area contributed by atoms with E-state index in [0.717, 1.165) is 10.9 Å². The molecule has 142 valence electrons. The van der Waals surface area contributed by atoms with E-state index in [4.69, 9.17) is 9.47 Å². The number of rotatable bonds is 5. The van der Waals surface area contributed by atoms with Gasteiger partial charge in [-0.3, -0.25) is 9.59 Å². The Morgan fingerprint density at radius 3 is 2.93 bits per heavy atom. The van der Waals surface area contributed by atoms with Crippen molar-refractivity contribution in [3.63, 3.8) is 0 Å². The number of nitrogens with zero attached hydrogens (tertiary/aromatic N) is 1. The highest BCUT2D eigenvalue weighted by Gasteiger charge is 2.23. The van der Waals surface area contributed by atoms with E-state index in [1.807, 2.05) is 0 Å². The predicted molar refractivity (Wildman–Crippen MR) is 100 cm³/mol. The lowest BCUT2D eigenvalue weighted by molar-refractivity contribution is 0.0952. The van der Waals surface area contributed by atoms with Gasteiger partial charge in [0.05, 0.1) is 19.2 Å².